The lowest BCUT2D eigenvalue weighted by atomic mass is 9.60. The van der Waals surface area contributed by atoms with Crippen molar-refractivity contribution >= 4 is 0 Å². The molecule has 4 atom stereocenters. The van der Waals surface area contributed by atoms with E-state index in [-0.39, 0.29) is 11.5 Å². The molecule has 0 bridgehead atoms. The number of aliphatic hydroxyl groups is 1. The third kappa shape index (κ3) is 2.15. The van der Waals surface area contributed by atoms with Gasteiger partial charge in [-0.05, 0) is 38.5 Å². The SMILES string of the molecule is C=C[C@@]1(C)[C@@H](O)C[C@@H](C(=C)C)C[C@H]1C(=C)C. The van der Waals surface area contributed by atoms with Crippen LogP contribution in [0.1, 0.15) is 33.6 Å². The molecule has 0 radical (unpaired) electrons. The van der Waals surface area contributed by atoms with E-state index in [0.29, 0.717) is 11.8 Å². The number of rotatable bonds is 3. The van der Waals surface area contributed by atoms with E-state index >= 15 is 0 Å². The van der Waals surface area contributed by atoms with Crippen molar-refractivity contribution in [1.29, 1.82) is 0 Å². The van der Waals surface area contributed by atoms with Gasteiger partial charge in [0.1, 0.15) is 0 Å². The van der Waals surface area contributed by atoms with E-state index in [1.807, 2.05) is 19.9 Å². The summed E-state index contributed by atoms with van der Waals surface area (Å²) in [5, 5.41) is 10.3. The Morgan fingerprint density at radius 1 is 1.25 bits per heavy atom. The van der Waals surface area contributed by atoms with Gasteiger partial charge in [0.2, 0.25) is 0 Å². The van der Waals surface area contributed by atoms with Crippen molar-refractivity contribution in [3.05, 3.63) is 37.0 Å². The summed E-state index contributed by atoms with van der Waals surface area (Å²) in [6.07, 6.45) is 3.37. The Hall–Kier alpha value is -0.820. The van der Waals surface area contributed by atoms with Gasteiger partial charge in [-0.2, -0.15) is 0 Å². The maximum Gasteiger partial charge on any atom is 0.0639 e. The van der Waals surface area contributed by atoms with E-state index in [9.17, 15) is 5.11 Å². The van der Waals surface area contributed by atoms with Crippen LogP contribution in [0.25, 0.3) is 0 Å². The van der Waals surface area contributed by atoms with E-state index < -0.39 is 0 Å². The molecule has 0 spiro atoms. The third-order valence-electron chi connectivity index (χ3n) is 4.23. The Balaban J connectivity index is 3.03. The molecule has 1 aliphatic carbocycles. The summed E-state index contributed by atoms with van der Waals surface area (Å²) in [5.41, 5.74) is 2.06. The number of allylic oxidation sites excluding steroid dienone is 2. The van der Waals surface area contributed by atoms with Crippen LogP contribution in [-0.2, 0) is 0 Å². The zero-order chi connectivity index (χ0) is 12.5. The van der Waals surface area contributed by atoms with E-state index in [1.54, 1.807) is 0 Å². The van der Waals surface area contributed by atoms with E-state index in [0.717, 1.165) is 24.0 Å². The van der Waals surface area contributed by atoms with Gasteiger partial charge in [-0.25, -0.2) is 0 Å². The van der Waals surface area contributed by atoms with Crippen molar-refractivity contribution in [2.75, 3.05) is 0 Å². The predicted molar refractivity (Wildman–Crippen MR) is 70.2 cm³/mol. The fourth-order valence-electron chi connectivity index (χ4n) is 2.80. The maximum atomic E-state index is 10.3. The molecular weight excluding hydrogens is 196 g/mol. The number of hydrogen-bond donors (Lipinski definition) is 1. The highest BCUT2D eigenvalue weighted by Crippen LogP contribution is 2.48. The first kappa shape index (κ1) is 13.2. The summed E-state index contributed by atoms with van der Waals surface area (Å²) in [7, 11) is 0. The van der Waals surface area contributed by atoms with Gasteiger partial charge in [0.15, 0.2) is 0 Å². The van der Waals surface area contributed by atoms with Crippen LogP contribution in [0.3, 0.4) is 0 Å². The summed E-state index contributed by atoms with van der Waals surface area (Å²) >= 11 is 0. The molecule has 1 aliphatic rings. The molecule has 0 aromatic rings. The minimum absolute atomic E-state index is 0.238. The summed E-state index contributed by atoms with van der Waals surface area (Å²) < 4.78 is 0. The van der Waals surface area contributed by atoms with Gasteiger partial charge in [-0.1, -0.05) is 37.3 Å². The molecule has 16 heavy (non-hydrogen) atoms. The topological polar surface area (TPSA) is 20.2 Å². The first-order valence-corrected chi connectivity index (χ1v) is 5.95. The minimum atomic E-state index is -0.345. The van der Waals surface area contributed by atoms with Crippen molar-refractivity contribution in [3.8, 4) is 0 Å². The van der Waals surface area contributed by atoms with Crippen LogP contribution in [0.5, 0.6) is 0 Å². The molecule has 0 aliphatic heterocycles. The van der Waals surface area contributed by atoms with Crippen molar-refractivity contribution in [3.63, 3.8) is 0 Å². The fourth-order valence-corrected chi connectivity index (χ4v) is 2.80. The lowest BCUT2D eigenvalue weighted by Crippen LogP contribution is -2.44. The number of aliphatic hydroxyl groups excluding tert-OH is 1. The molecule has 90 valence electrons. The maximum absolute atomic E-state index is 10.3. The molecule has 0 saturated heterocycles. The van der Waals surface area contributed by atoms with Crippen LogP contribution < -0.4 is 0 Å². The highest BCUT2D eigenvalue weighted by molar-refractivity contribution is 5.17. The lowest BCUT2D eigenvalue weighted by Gasteiger charge is -2.47. The average molecular weight is 220 g/mol. The predicted octanol–water partition coefficient (Wildman–Crippen LogP) is 3.72. The summed E-state index contributed by atoms with van der Waals surface area (Å²) in [6, 6.07) is 0. The molecule has 0 heterocycles. The highest BCUT2D eigenvalue weighted by atomic mass is 16.3. The molecule has 1 nitrogen and oxygen atoms in total. The van der Waals surface area contributed by atoms with E-state index in [2.05, 4.69) is 26.7 Å². The molecular formula is C15H24O. The second-order valence-electron chi connectivity index (χ2n) is 5.50. The first-order valence-electron chi connectivity index (χ1n) is 5.95. The molecule has 0 aromatic carbocycles. The van der Waals surface area contributed by atoms with Crippen molar-refractivity contribution in [2.45, 2.75) is 39.7 Å². The molecule has 0 aromatic heterocycles. The second kappa shape index (κ2) is 4.58. The van der Waals surface area contributed by atoms with Gasteiger partial charge < -0.3 is 5.11 Å². The van der Waals surface area contributed by atoms with Crippen LogP contribution in [0.4, 0.5) is 0 Å². The minimum Gasteiger partial charge on any atom is -0.392 e. The highest BCUT2D eigenvalue weighted by Gasteiger charge is 2.44. The molecule has 1 fully saturated rings. The molecule has 0 unspecified atom stereocenters. The van der Waals surface area contributed by atoms with Crippen LogP contribution >= 0.6 is 0 Å². The Kier molecular flexibility index (Phi) is 3.80. The Labute approximate surface area is 99.6 Å². The normalized spacial score (nSPS) is 39.1. The van der Waals surface area contributed by atoms with Crippen LogP contribution in [0.15, 0.2) is 37.0 Å². The molecule has 1 heteroatoms. The Morgan fingerprint density at radius 3 is 2.19 bits per heavy atom. The Bertz CT molecular complexity index is 315. The lowest BCUT2D eigenvalue weighted by molar-refractivity contribution is -0.0128. The quantitative estimate of drug-likeness (QED) is 0.719. The van der Waals surface area contributed by atoms with Crippen LogP contribution in [0.2, 0.25) is 0 Å². The third-order valence-corrected chi connectivity index (χ3v) is 4.23. The zero-order valence-corrected chi connectivity index (χ0v) is 10.8. The monoisotopic (exact) mass is 220 g/mol. The van der Waals surface area contributed by atoms with Crippen molar-refractivity contribution in [2.24, 2.45) is 17.3 Å². The van der Waals surface area contributed by atoms with Gasteiger partial charge in [-0.3, -0.25) is 0 Å². The standard InChI is InChI=1S/C15H24O/c1-7-15(6)13(11(4)5)8-12(10(2)3)9-14(15)16/h7,12-14,16H,1-2,4,8-9H2,3,5-6H3/t12-,13-,14-,15+/m0/s1. The van der Waals surface area contributed by atoms with E-state index in [4.69, 9.17) is 0 Å². The largest absolute Gasteiger partial charge is 0.392 e. The summed E-state index contributed by atoms with van der Waals surface area (Å²) in [4.78, 5) is 0. The van der Waals surface area contributed by atoms with Crippen LogP contribution in [-0.4, -0.2) is 11.2 Å². The molecule has 1 rings (SSSR count). The van der Waals surface area contributed by atoms with Gasteiger partial charge in [0.25, 0.3) is 0 Å². The molecule has 1 N–H and O–H groups in total. The van der Waals surface area contributed by atoms with Gasteiger partial charge in [0.05, 0.1) is 6.10 Å². The summed E-state index contributed by atoms with van der Waals surface area (Å²) in [5.74, 6) is 0.708. The smallest absolute Gasteiger partial charge is 0.0639 e. The molecule has 0 amide bonds. The van der Waals surface area contributed by atoms with Crippen molar-refractivity contribution in [1.82, 2.24) is 0 Å². The number of hydrogen-bond acceptors (Lipinski definition) is 1. The Morgan fingerprint density at radius 2 is 1.81 bits per heavy atom. The summed E-state index contributed by atoms with van der Waals surface area (Å²) in [6.45, 7) is 18.1. The fraction of sp³-hybridized carbons (Fsp3) is 0.600. The van der Waals surface area contributed by atoms with E-state index in [1.165, 1.54) is 0 Å². The average Bonchev–Trinajstić information content (AvgIpc) is 2.20. The second-order valence-corrected chi connectivity index (χ2v) is 5.50. The van der Waals surface area contributed by atoms with Crippen LogP contribution in [0, 0.1) is 17.3 Å². The van der Waals surface area contributed by atoms with Gasteiger partial charge in [0, 0.05) is 5.41 Å². The van der Waals surface area contributed by atoms with Crippen molar-refractivity contribution < 1.29 is 5.11 Å². The van der Waals surface area contributed by atoms with Gasteiger partial charge in [-0.15, -0.1) is 6.58 Å². The first-order chi connectivity index (χ1) is 7.32. The van der Waals surface area contributed by atoms with Gasteiger partial charge >= 0.3 is 0 Å². The molecule has 1 saturated carbocycles. The zero-order valence-electron chi connectivity index (χ0n) is 10.8.